The van der Waals surface area contributed by atoms with E-state index in [0.717, 1.165) is 0 Å². The highest BCUT2D eigenvalue weighted by molar-refractivity contribution is 5.80. The quantitative estimate of drug-likeness (QED) is 0.619. The van der Waals surface area contributed by atoms with Crippen molar-refractivity contribution in [3.8, 4) is 0 Å². The zero-order valence-corrected chi connectivity index (χ0v) is 17.2. The standard InChI is InChI=1S/C20H26F4N6O/c1-26-13-7-16-28-15(17(25)11-2-4-19(21,22)5-3-11)9-30(16)29-14(13)6-12-8-20(23,24)10-27-18(12)31/h7,9,11-12,17,26H,2-6,8,10,25H2,1H3,(H,27,31). The van der Waals surface area contributed by atoms with Gasteiger partial charge in [-0.2, -0.15) is 5.10 Å². The van der Waals surface area contributed by atoms with Gasteiger partial charge in [0.2, 0.25) is 11.8 Å². The first-order valence-electron chi connectivity index (χ1n) is 10.4. The SMILES string of the molecule is CNc1cc2nc(C(N)C3CCC(F)(F)CC3)cn2nc1CC1CC(F)(F)CNC1=O. The van der Waals surface area contributed by atoms with Crippen molar-refractivity contribution in [1.29, 1.82) is 0 Å². The minimum atomic E-state index is -2.95. The Morgan fingerprint density at radius 1 is 1.29 bits per heavy atom. The van der Waals surface area contributed by atoms with Crippen molar-refractivity contribution in [3.63, 3.8) is 0 Å². The van der Waals surface area contributed by atoms with E-state index in [2.05, 4.69) is 20.7 Å². The molecule has 1 saturated carbocycles. The van der Waals surface area contributed by atoms with Gasteiger partial charge in [-0.05, 0) is 18.8 Å². The Balaban J connectivity index is 1.57. The van der Waals surface area contributed by atoms with Gasteiger partial charge in [0.05, 0.1) is 35.9 Å². The van der Waals surface area contributed by atoms with Gasteiger partial charge in [-0.1, -0.05) is 0 Å². The molecule has 4 rings (SSSR count). The maximum atomic E-state index is 13.8. The van der Waals surface area contributed by atoms with Crippen LogP contribution in [0.4, 0.5) is 23.2 Å². The molecule has 2 atom stereocenters. The number of carbonyl (C=O) groups is 1. The van der Waals surface area contributed by atoms with Crippen LogP contribution in [0.25, 0.3) is 5.65 Å². The molecule has 1 aliphatic heterocycles. The third-order valence-electron chi connectivity index (χ3n) is 6.30. The number of piperidine rings is 1. The lowest BCUT2D eigenvalue weighted by Gasteiger charge is -2.31. The highest BCUT2D eigenvalue weighted by atomic mass is 19.3. The van der Waals surface area contributed by atoms with Gasteiger partial charge in [0.25, 0.3) is 5.92 Å². The summed E-state index contributed by atoms with van der Waals surface area (Å²) in [6.45, 7) is -0.649. The van der Waals surface area contributed by atoms with E-state index in [1.165, 1.54) is 4.52 Å². The predicted molar refractivity (Wildman–Crippen MR) is 106 cm³/mol. The molecule has 11 heteroatoms. The van der Waals surface area contributed by atoms with Gasteiger partial charge < -0.3 is 16.4 Å². The van der Waals surface area contributed by atoms with E-state index in [9.17, 15) is 22.4 Å². The molecule has 2 aromatic heterocycles. The summed E-state index contributed by atoms with van der Waals surface area (Å²) >= 11 is 0. The summed E-state index contributed by atoms with van der Waals surface area (Å²) in [5, 5.41) is 9.71. The van der Waals surface area contributed by atoms with Crippen LogP contribution >= 0.6 is 0 Å². The summed E-state index contributed by atoms with van der Waals surface area (Å²) in [6, 6.07) is 1.22. The number of fused-ring (bicyclic) bond motifs is 1. The zero-order valence-electron chi connectivity index (χ0n) is 17.2. The molecular formula is C20H26F4N6O. The molecule has 1 aliphatic carbocycles. The molecule has 7 nitrogen and oxygen atoms in total. The lowest BCUT2D eigenvalue weighted by molar-refractivity contribution is -0.136. The molecule has 1 amide bonds. The number of amides is 1. The van der Waals surface area contributed by atoms with E-state index in [1.54, 1.807) is 19.3 Å². The number of alkyl halides is 4. The topological polar surface area (TPSA) is 97.3 Å². The van der Waals surface area contributed by atoms with Crippen LogP contribution in [0.5, 0.6) is 0 Å². The van der Waals surface area contributed by atoms with Crippen molar-refractivity contribution in [1.82, 2.24) is 19.9 Å². The molecule has 31 heavy (non-hydrogen) atoms. The zero-order chi connectivity index (χ0) is 22.4. The Morgan fingerprint density at radius 3 is 2.68 bits per heavy atom. The van der Waals surface area contributed by atoms with E-state index in [4.69, 9.17) is 5.73 Å². The highest BCUT2D eigenvalue weighted by Gasteiger charge is 2.41. The normalized spacial score (nSPS) is 24.7. The van der Waals surface area contributed by atoms with Gasteiger partial charge in [-0.3, -0.25) is 4.79 Å². The largest absolute Gasteiger partial charge is 0.386 e. The van der Waals surface area contributed by atoms with Crippen LogP contribution in [0.15, 0.2) is 12.3 Å². The second kappa shape index (κ2) is 7.92. The molecule has 0 spiro atoms. The van der Waals surface area contributed by atoms with Crippen LogP contribution in [-0.2, 0) is 11.2 Å². The molecule has 0 bridgehead atoms. The lowest BCUT2D eigenvalue weighted by Crippen LogP contribution is -2.48. The first-order chi connectivity index (χ1) is 14.6. The van der Waals surface area contributed by atoms with E-state index < -0.39 is 42.7 Å². The van der Waals surface area contributed by atoms with E-state index in [1.807, 2.05) is 0 Å². The third kappa shape index (κ3) is 4.60. The van der Waals surface area contributed by atoms with Crippen molar-refractivity contribution < 1.29 is 22.4 Å². The monoisotopic (exact) mass is 442 g/mol. The Morgan fingerprint density at radius 2 is 2.00 bits per heavy atom. The molecule has 170 valence electrons. The summed E-state index contributed by atoms with van der Waals surface area (Å²) in [4.78, 5) is 16.6. The molecular weight excluding hydrogens is 416 g/mol. The number of hydrogen-bond acceptors (Lipinski definition) is 5. The van der Waals surface area contributed by atoms with Gasteiger partial charge in [0.15, 0.2) is 5.65 Å². The Hall–Kier alpha value is -2.43. The minimum absolute atomic E-state index is 0.0464. The smallest absolute Gasteiger partial charge is 0.265 e. The van der Waals surface area contributed by atoms with Crippen molar-refractivity contribution in [2.24, 2.45) is 17.6 Å². The third-order valence-corrected chi connectivity index (χ3v) is 6.30. The summed E-state index contributed by atoms with van der Waals surface area (Å²) in [5.74, 6) is -6.99. The molecule has 2 aromatic rings. The number of halogens is 4. The number of nitrogens with zero attached hydrogens (tertiary/aromatic N) is 3. The highest BCUT2D eigenvalue weighted by Crippen LogP contribution is 2.40. The first-order valence-corrected chi connectivity index (χ1v) is 10.4. The van der Waals surface area contributed by atoms with Gasteiger partial charge >= 0.3 is 0 Å². The van der Waals surface area contributed by atoms with Crippen LogP contribution in [0, 0.1) is 11.8 Å². The van der Waals surface area contributed by atoms with Crippen LogP contribution < -0.4 is 16.4 Å². The average molecular weight is 442 g/mol. The first kappa shape index (κ1) is 21.8. The molecule has 2 fully saturated rings. The average Bonchev–Trinajstić information content (AvgIpc) is 3.12. The number of hydrogen-bond donors (Lipinski definition) is 3. The van der Waals surface area contributed by atoms with Gasteiger partial charge in [0, 0.05) is 44.7 Å². The van der Waals surface area contributed by atoms with Crippen molar-refractivity contribution in [3.05, 3.63) is 23.7 Å². The molecule has 2 aliphatic rings. The minimum Gasteiger partial charge on any atom is -0.386 e. The summed E-state index contributed by atoms with van der Waals surface area (Å²) in [5.41, 5.74) is 8.41. The van der Waals surface area contributed by atoms with Crippen molar-refractivity contribution in [2.75, 3.05) is 18.9 Å². The molecule has 2 unspecified atom stereocenters. The molecule has 0 aromatic carbocycles. The maximum absolute atomic E-state index is 13.8. The van der Waals surface area contributed by atoms with Gasteiger partial charge in [-0.15, -0.1) is 0 Å². The van der Waals surface area contributed by atoms with Crippen LogP contribution in [0.3, 0.4) is 0 Å². The number of carbonyl (C=O) groups excluding carboxylic acids is 1. The Labute approximate surface area is 176 Å². The van der Waals surface area contributed by atoms with Gasteiger partial charge in [0.1, 0.15) is 0 Å². The van der Waals surface area contributed by atoms with Crippen molar-refractivity contribution in [2.45, 2.75) is 56.4 Å². The second-order valence-electron chi connectivity index (χ2n) is 8.62. The predicted octanol–water partition coefficient (Wildman–Crippen LogP) is 2.91. The molecule has 1 saturated heterocycles. The Kier molecular flexibility index (Phi) is 5.57. The van der Waals surface area contributed by atoms with Crippen molar-refractivity contribution >= 4 is 17.2 Å². The fourth-order valence-corrected chi connectivity index (χ4v) is 4.45. The number of rotatable bonds is 5. The summed E-state index contributed by atoms with van der Waals surface area (Å²) < 4.78 is 55.9. The van der Waals surface area contributed by atoms with Gasteiger partial charge in [-0.25, -0.2) is 27.1 Å². The maximum Gasteiger partial charge on any atom is 0.265 e. The van der Waals surface area contributed by atoms with Crippen LogP contribution in [-0.4, -0.2) is 45.9 Å². The number of anilines is 1. The Bertz CT molecular complexity index is 968. The summed E-state index contributed by atoms with van der Waals surface area (Å²) in [7, 11) is 1.67. The van der Waals surface area contributed by atoms with E-state index in [0.29, 0.717) is 35.6 Å². The van der Waals surface area contributed by atoms with Crippen LogP contribution in [0.2, 0.25) is 0 Å². The van der Waals surface area contributed by atoms with E-state index >= 15 is 0 Å². The lowest BCUT2D eigenvalue weighted by atomic mass is 9.81. The number of aromatic nitrogens is 3. The molecule has 0 radical (unpaired) electrons. The van der Waals surface area contributed by atoms with E-state index in [-0.39, 0.29) is 25.2 Å². The fraction of sp³-hybridized carbons (Fsp3) is 0.650. The molecule has 3 heterocycles. The number of imidazole rings is 1. The molecule has 4 N–H and O–H groups in total. The van der Waals surface area contributed by atoms with Crippen LogP contribution in [0.1, 0.15) is 49.5 Å². The number of nitrogens with two attached hydrogens (primary N) is 1. The second-order valence-corrected chi connectivity index (χ2v) is 8.62. The fourth-order valence-electron chi connectivity index (χ4n) is 4.45. The summed E-state index contributed by atoms with van der Waals surface area (Å²) in [6.07, 6.45) is 1.45. The number of nitrogens with one attached hydrogen (secondary N) is 2.